The SMILES string of the molecule is CC(C)(C)CN[N+](C)(C)C. The Hall–Kier alpha value is -0.0800. The van der Waals surface area contributed by atoms with Crippen molar-refractivity contribution in [3.05, 3.63) is 0 Å². The van der Waals surface area contributed by atoms with E-state index in [9.17, 15) is 0 Å². The third-order valence-corrected chi connectivity index (χ3v) is 1.08. The fraction of sp³-hybridized carbons (Fsp3) is 1.00. The number of rotatable bonds is 2. The average Bonchev–Trinajstić information content (AvgIpc) is 1.57. The van der Waals surface area contributed by atoms with Crippen molar-refractivity contribution in [2.45, 2.75) is 20.8 Å². The molecule has 2 heteroatoms. The molecule has 0 bridgehead atoms. The lowest BCUT2D eigenvalue weighted by atomic mass is 9.97. The summed E-state index contributed by atoms with van der Waals surface area (Å²) < 4.78 is 0.831. The van der Waals surface area contributed by atoms with Crippen LogP contribution in [0.5, 0.6) is 0 Å². The van der Waals surface area contributed by atoms with Crippen molar-refractivity contribution in [1.29, 1.82) is 0 Å². The molecular weight excluding hydrogens is 124 g/mol. The van der Waals surface area contributed by atoms with E-state index in [4.69, 9.17) is 0 Å². The fourth-order valence-electron chi connectivity index (χ4n) is 0.474. The molecule has 2 nitrogen and oxygen atoms in total. The molecule has 0 aromatic carbocycles. The van der Waals surface area contributed by atoms with E-state index in [1.165, 1.54) is 0 Å². The first-order valence-corrected chi connectivity index (χ1v) is 3.77. The van der Waals surface area contributed by atoms with Crippen molar-refractivity contribution in [3.63, 3.8) is 0 Å². The van der Waals surface area contributed by atoms with Crippen LogP contribution in [0.4, 0.5) is 0 Å². The van der Waals surface area contributed by atoms with Crippen molar-refractivity contribution in [2.24, 2.45) is 5.41 Å². The van der Waals surface area contributed by atoms with E-state index in [2.05, 4.69) is 47.3 Å². The van der Waals surface area contributed by atoms with Gasteiger partial charge in [-0.15, -0.1) is 0 Å². The highest BCUT2D eigenvalue weighted by atomic mass is 15.6. The van der Waals surface area contributed by atoms with Gasteiger partial charge in [0.05, 0.1) is 21.1 Å². The largest absolute Gasteiger partial charge is 0.253 e. The number of quaternary nitrogens is 1. The summed E-state index contributed by atoms with van der Waals surface area (Å²) in [6.07, 6.45) is 0. The number of hydrogen-bond donors (Lipinski definition) is 1. The fourth-order valence-corrected chi connectivity index (χ4v) is 0.474. The van der Waals surface area contributed by atoms with Crippen LogP contribution in [0, 0.1) is 5.41 Å². The minimum absolute atomic E-state index is 0.380. The van der Waals surface area contributed by atoms with Crippen molar-refractivity contribution in [2.75, 3.05) is 27.7 Å². The molecule has 0 radical (unpaired) electrons. The Kier molecular flexibility index (Phi) is 2.86. The number of nitrogens with one attached hydrogen (secondary N) is 1. The predicted molar refractivity (Wildman–Crippen MR) is 45.5 cm³/mol. The molecule has 0 fully saturated rings. The van der Waals surface area contributed by atoms with Gasteiger partial charge in [0.25, 0.3) is 0 Å². The maximum absolute atomic E-state index is 3.40. The van der Waals surface area contributed by atoms with E-state index in [0.29, 0.717) is 5.41 Å². The first-order valence-electron chi connectivity index (χ1n) is 3.77. The van der Waals surface area contributed by atoms with Gasteiger partial charge in [-0.3, -0.25) is 4.59 Å². The van der Waals surface area contributed by atoms with Crippen LogP contribution in [0.3, 0.4) is 0 Å². The Labute approximate surface area is 64.8 Å². The van der Waals surface area contributed by atoms with Crippen LogP contribution >= 0.6 is 0 Å². The Bertz CT molecular complexity index is 80.8. The molecule has 62 valence electrons. The van der Waals surface area contributed by atoms with Gasteiger partial charge in [-0.25, -0.2) is 0 Å². The minimum atomic E-state index is 0.380. The summed E-state index contributed by atoms with van der Waals surface area (Å²) in [6, 6.07) is 0. The van der Waals surface area contributed by atoms with Crippen molar-refractivity contribution < 1.29 is 4.59 Å². The van der Waals surface area contributed by atoms with Gasteiger partial charge in [-0.05, 0) is 5.41 Å². The molecule has 0 aliphatic carbocycles. The van der Waals surface area contributed by atoms with Crippen LogP contribution in [0.25, 0.3) is 0 Å². The molecule has 0 saturated carbocycles. The monoisotopic (exact) mass is 145 g/mol. The summed E-state index contributed by atoms with van der Waals surface area (Å²) in [5.41, 5.74) is 3.78. The zero-order valence-corrected chi connectivity index (χ0v) is 8.15. The molecule has 10 heavy (non-hydrogen) atoms. The number of hydrogen-bond acceptors (Lipinski definition) is 1. The molecule has 0 aromatic rings. The first-order chi connectivity index (χ1) is 4.21. The summed E-state index contributed by atoms with van der Waals surface area (Å²) in [6.45, 7) is 7.75. The lowest BCUT2D eigenvalue weighted by Crippen LogP contribution is -2.50. The van der Waals surface area contributed by atoms with Gasteiger partial charge in [-0.1, -0.05) is 20.8 Å². The summed E-state index contributed by atoms with van der Waals surface area (Å²) in [5.74, 6) is 0. The third-order valence-electron chi connectivity index (χ3n) is 1.08. The Balaban J connectivity index is 3.56. The molecule has 0 aromatic heterocycles. The van der Waals surface area contributed by atoms with Crippen molar-refractivity contribution in [3.8, 4) is 0 Å². The topological polar surface area (TPSA) is 12.0 Å². The van der Waals surface area contributed by atoms with Gasteiger partial charge in [0.15, 0.2) is 0 Å². The molecule has 0 heterocycles. The van der Waals surface area contributed by atoms with Crippen LogP contribution in [0.15, 0.2) is 0 Å². The predicted octanol–water partition coefficient (Wildman–Crippen LogP) is 1.24. The molecule has 0 aliphatic rings. The van der Waals surface area contributed by atoms with Crippen molar-refractivity contribution in [1.82, 2.24) is 5.43 Å². The van der Waals surface area contributed by atoms with E-state index in [-0.39, 0.29) is 0 Å². The standard InChI is InChI=1S/C8H21N2/c1-8(2,3)7-9-10(4,5)6/h9H,7H2,1-6H3/q+1. The molecule has 0 spiro atoms. The molecular formula is C8H21N2+. The van der Waals surface area contributed by atoms with E-state index in [1.807, 2.05) is 0 Å². The van der Waals surface area contributed by atoms with Crippen LogP contribution in [0.1, 0.15) is 20.8 Å². The number of nitrogens with zero attached hydrogens (tertiary/aromatic N) is 1. The third kappa shape index (κ3) is 7.92. The smallest absolute Gasteiger partial charge is 0.0853 e. The molecule has 0 aliphatic heterocycles. The highest BCUT2D eigenvalue weighted by molar-refractivity contribution is 4.60. The molecule has 0 amide bonds. The van der Waals surface area contributed by atoms with Gasteiger partial charge in [0, 0.05) is 6.54 Å². The second-order valence-corrected chi connectivity index (χ2v) is 4.91. The highest BCUT2D eigenvalue weighted by Gasteiger charge is 2.14. The average molecular weight is 145 g/mol. The molecule has 0 rings (SSSR count). The highest BCUT2D eigenvalue weighted by Crippen LogP contribution is 2.10. The van der Waals surface area contributed by atoms with Gasteiger partial charge in [0.1, 0.15) is 0 Å². The van der Waals surface area contributed by atoms with Crippen LogP contribution in [0.2, 0.25) is 0 Å². The van der Waals surface area contributed by atoms with Crippen LogP contribution < -0.4 is 5.43 Å². The summed E-state index contributed by atoms with van der Waals surface area (Å²) in [4.78, 5) is 0. The molecule has 0 saturated heterocycles. The van der Waals surface area contributed by atoms with Gasteiger partial charge in [-0.2, -0.15) is 5.43 Å². The zero-order chi connectivity index (χ0) is 8.41. The Morgan fingerprint density at radius 3 is 1.60 bits per heavy atom. The lowest BCUT2D eigenvalue weighted by Gasteiger charge is -2.28. The molecule has 0 unspecified atom stereocenters. The van der Waals surface area contributed by atoms with E-state index in [0.717, 1.165) is 11.1 Å². The van der Waals surface area contributed by atoms with Crippen LogP contribution in [-0.4, -0.2) is 32.3 Å². The summed E-state index contributed by atoms with van der Waals surface area (Å²) in [5, 5.41) is 0. The maximum atomic E-state index is 3.40. The maximum Gasteiger partial charge on any atom is 0.0853 e. The minimum Gasteiger partial charge on any atom is -0.253 e. The lowest BCUT2D eigenvalue weighted by molar-refractivity contribution is -0.916. The van der Waals surface area contributed by atoms with Gasteiger partial charge in [0.2, 0.25) is 0 Å². The quantitative estimate of drug-likeness (QED) is 0.455. The first kappa shape index (κ1) is 9.92. The van der Waals surface area contributed by atoms with E-state index in [1.54, 1.807) is 0 Å². The summed E-state index contributed by atoms with van der Waals surface area (Å²) >= 11 is 0. The Morgan fingerprint density at radius 2 is 1.50 bits per heavy atom. The summed E-state index contributed by atoms with van der Waals surface area (Å²) in [7, 11) is 6.39. The second-order valence-electron chi connectivity index (χ2n) is 4.91. The second kappa shape index (κ2) is 2.89. The van der Waals surface area contributed by atoms with E-state index < -0.39 is 0 Å². The van der Waals surface area contributed by atoms with E-state index >= 15 is 0 Å². The van der Waals surface area contributed by atoms with Crippen molar-refractivity contribution >= 4 is 0 Å². The molecule has 1 N–H and O–H groups in total. The molecule has 0 atom stereocenters. The Morgan fingerprint density at radius 1 is 1.10 bits per heavy atom. The van der Waals surface area contributed by atoms with Gasteiger partial charge < -0.3 is 0 Å². The van der Waals surface area contributed by atoms with Crippen LogP contribution in [-0.2, 0) is 0 Å². The van der Waals surface area contributed by atoms with Gasteiger partial charge >= 0.3 is 0 Å². The normalized spacial score (nSPS) is 13.8. The zero-order valence-electron chi connectivity index (χ0n) is 8.15.